The summed E-state index contributed by atoms with van der Waals surface area (Å²) in [4.78, 5) is 73.5. The molecular weight excluding hydrogens is 594 g/mol. The molecule has 0 bridgehead atoms. The number of amides is 4. The van der Waals surface area contributed by atoms with E-state index in [1.165, 1.54) is 16.0 Å². The third kappa shape index (κ3) is 6.54. The zero-order chi connectivity index (χ0) is 32.2. The van der Waals surface area contributed by atoms with Crippen LogP contribution in [0.2, 0.25) is 0 Å². The van der Waals surface area contributed by atoms with Gasteiger partial charge in [0.15, 0.2) is 0 Å². The molecule has 1 aromatic heterocycles. The van der Waals surface area contributed by atoms with Crippen molar-refractivity contribution in [3.05, 3.63) is 90.3 Å². The van der Waals surface area contributed by atoms with Crippen molar-refractivity contribution in [3.63, 3.8) is 0 Å². The van der Waals surface area contributed by atoms with Crippen molar-refractivity contribution in [2.45, 2.75) is 56.3 Å². The lowest BCUT2D eigenvalue weighted by molar-refractivity contribution is -0.156. The second-order valence-corrected chi connectivity index (χ2v) is 11.4. The molecule has 2 aromatic carbocycles. The van der Waals surface area contributed by atoms with Gasteiger partial charge in [0, 0.05) is 18.1 Å². The van der Waals surface area contributed by atoms with E-state index in [2.05, 4.69) is 15.6 Å². The average Bonchev–Trinajstić information content (AvgIpc) is 3.38. The first-order valence-electron chi connectivity index (χ1n) is 15.0. The highest BCUT2D eigenvalue weighted by Gasteiger charge is 2.46. The molecule has 5 atom stereocenters. The summed E-state index contributed by atoms with van der Waals surface area (Å²) in [6, 6.07) is 14.3. The van der Waals surface area contributed by atoms with E-state index >= 15 is 0 Å². The maximum Gasteiger partial charge on any atom is 0.410 e. The van der Waals surface area contributed by atoms with Crippen LogP contribution in [0.4, 0.5) is 4.79 Å². The number of nitrogens with zero attached hydrogens (tertiary/aromatic N) is 3. The van der Waals surface area contributed by atoms with Crippen LogP contribution >= 0.6 is 0 Å². The van der Waals surface area contributed by atoms with Gasteiger partial charge in [-0.05, 0) is 29.9 Å². The number of aromatic nitrogens is 1. The molecule has 13 heteroatoms. The van der Waals surface area contributed by atoms with Crippen LogP contribution in [0.5, 0.6) is 0 Å². The van der Waals surface area contributed by atoms with E-state index < -0.39 is 60.2 Å². The Bertz CT molecular complexity index is 1680. The van der Waals surface area contributed by atoms with Gasteiger partial charge in [0.2, 0.25) is 18.1 Å². The van der Waals surface area contributed by atoms with E-state index in [1.54, 1.807) is 24.3 Å². The molecule has 4 heterocycles. The fourth-order valence-electron chi connectivity index (χ4n) is 6.02. The molecular formula is C33H33N5O8. The van der Waals surface area contributed by atoms with Gasteiger partial charge in [-0.3, -0.25) is 24.2 Å². The number of esters is 1. The maximum absolute atomic E-state index is 14.2. The van der Waals surface area contributed by atoms with Gasteiger partial charge in [-0.25, -0.2) is 4.79 Å². The van der Waals surface area contributed by atoms with Gasteiger partial charge in [0.05, 0.1) is 19.0 Å². The number of ether oxygens (including phenoxy) is 2. The lowest BCUT2D eigenvalue weighted by Crippen LogP contribution is -2.68. The fourth-order valence-corrected chi connectivity index (χ4v) is 6.02. The van der Waals surface area contributed by atoms with Crippen LogP contribution in [0.15, 0.2) is 79.0 Å². The van der Waals surface area contributed by atoms with Crippen LogP contribution in [0.1, 0.15) is 35.3 Å². The lowest BCUT2D eigenvalue weighted by atomic mass is 9.96. The van der Waals surface area contributed by atoms with Crippen LogP contribution < -0.4 is 10.6 Å². The Kier molecular flexibility index (Phi) is 8.92. The van der Waals surface area contributed by atoms with E-state index in [9.17, 15) is 29.1 Å². The van der Waals surface area contributed by atoms with Gasteiger partial charge in [0.1, 0.15) is 30.4 Å². The van der Waals surface area contributed by atoms with Crippen molar-refractivity contribution < 1.29 is 38.6 Å². The normalized spacial score (nSPS) is 25.1. The predicted molar refractivity (Wildman–Crippen MR) is 163 cm³/mol. The molecule has 4 amide bonds. The van der Waals surface area contributed by atoms with E-state index in [4.69, 9.17) is 9.47 Å². The van der Waals surface area contributed by atoms with E-state index in [0.717, 1.165) is 10.9 Å². The largest absolute Gasteiger partial charge is 0.445 e. The monoisotopic (exact) mass is 627 g/mol. The number of hydrogen-bond acceptors (Lipinski definition) is 9. The van der Waals surface area contributed by atoms with E-state index in [0.29, 0.717) is 11.8 Å². The predicted octanol–water partition coefficient (Wildman–Crippen LogP) is 1.65. The van der Waals surface area contributed by atoms with Gasteiger partial charge in [-0.2, -0.15) is 0 Å². The number of benzene rings is 2. The summed E-state index contributed by atoms with van der Waals surface area (Å²) in [5.41, 5.74) is 0.945. The highest BCUT2D eigenvalue weighted by molar-refractivity contribution is 6.06. The second kappa shape index (κ2) is 13.4. The average molecular weight is 628 g/mol. The van der Waals surface area contributed by atoms with Crippen LogP contribution in [-0.4, -0.2) is 93.2 Å². The topological polar surface area (TPSA) is 167 Å². The first-order valence-corrected chi connectivity index (χ1v) is 15.0. The fraction of sp³-hybridized carbons (Fsp3) is 0.333. The summed E-state index contributed by atoms with van der Waals surface area (Å²) >= 11 is 0. The summed E-state index contributed by atoms with van der Waals surface area (Å²) in [6.45, 7) is -0.120. The molecule has 238 valence electrons. The second-order valence-electron chi connectivity index (χ2n) is 11.4. The van der Waals surface area contributed by atoms with E-state index in [-0.39, 0.29) is 38.2 Å². The number of carbonyl (C=O) groups is 5. The quantitative estimate of drug-likeness (QED) is 0.272. The molecule has 2 fully saturated rings. The maximum atomic E-state index is 14.2. The van der Waals surface area contributed by atoms with Gasteiger partial charge in [0.25, 0.3) is 5.91 Å². The Morgan fingerprint density at radius 2 is 1.72 bits per heavy atom. The smallest absolute Gasteiger partial charge is 0.410 e. The van der Waals surface area contributed by atoms with Gasteiger partial charge >= 0.3 is 12.1 Å². The lowest BCUT2D eigenvalue weighted by Gasteiger charge is -2.47. The number of hydrogen-bond donors (Lipinski definition) is 3. The van der Waals surface area contributed by atoms with Crippen LogP contribution in [0.3, 0.4) is 0 Å². The number of aliphatic hydroxyl groups is 1. The van der Waals surface area contributed by atoms with Crippen molar-refractivity contribution in [1.29, 1.82) is 0 Å². The highest BCUT2D eigenvalue weighted by atomic mass is 16.6. The Labute approximate surface area is 264 Å². The molecule has 2 unspecified atom stereocenters. The van der Waals surface area contributed by atoms with Gasteiger partial charge in [-0.1, -0.05) is 66.7 Å². The molecule has 3 aliphatic rings. The van der Waals surface area contributed by atoms with Crippen molar-refractivity contribution >= 4 is 40.6 Å². The van der Waals surface area contributed by atoms with Crippen molar-refractivity contribution in [3.8, 4) is 0 Å². The number of aliphatic hydroxyl groups excluding tert-OH is 1. The summed E-state index contributed by atoms with van der Waals surface area (Å²) in [7, 11) is 0. The van der Waals surface area contributed by atoms with Crippen LogP contribution in [0, 0.1) is 0 Å². The summed E-state index contributed by atoms with van der Waals surface area (Å²) in [5, 5.41) is 17.0. The zero-order valence-electron chi connectivity index (χ0n) is 24.8. The number of cyclic esters (lactones) is 1. The highest BCUT2D eigenvalue weighted by Crippen LogP contribution is 2.26. The van der Waals surface area contributed by atoms with Crippen LogP contribution in [0.25, 0.3) is 10.8 Å². The molecule has 3 aromatic rings. The summed E-state index contributed by atoms with van der Waals surface area (Å²) in [6.07, 6.45) is 3.20. The number of carbonyl (C=O) groups excluding carboxylic acids is 5. The number of nitrogens with one attached hydrogen (secondary N) is 2. The Morgan fingerprint density at radius 3 is 2.50 bits per heavy atom. The van der Waals surface area contributed by atoms with Crippen molar-refractivity contribution in [1.82, 2.24) is 25.4 Å². The molecule has 2 saturated heterocycles. The molecule has 3 aliphatic heterocycles. The molecule has 3 N–H and O–H groups in total. The minimum absolute atomic E-state index is 0.0181. The van der Waals surface area contributed by atoms with Crippen molar-refractivity contribution in [2.75, 3.05) is 13.1 Å². The zero-order valence-corrected chi connectivity index (χ0v) is 24.8. The summed E-state index contributed by atoms with van der Waals surface area (Å²) in [5.74, 6) is -2.43. The molecule has 0 saturated carbocycles. The Hall–Kier alpha value is -5.30. The first-order chi connectivity index (χ1) is 22.3. The summed E-state index contributed by atoms with van der Waals surface area (Å²) < 4.78 is 10.3. The molecule has 0 aliphatic carbocycles. The van der Waals surface area contributed by atoms with Crippen LogP contribution in [-0.2, 0) is 30.5 Å². The molecule has 0 radical (unpaired) electrons. The number of rotatable bonds is 6. The Morgan fingerprint density at radius 1 is 0.957 bits per heavy atom. The number of piperazine rings is 1. The molecule has 46 heavy (non-hydrogen) atoms. The Balaban J connectivity index is 1.25. The number of fused-ring (bicyclic) bond motifs is 2. The minimum Gasteiger partial charge on any atom is -0.445 e. The SMILES string of the molecule is O=C1CC(NC(=O)[C@@H]2CN(C(=O)OCc3ccccc3)C[C@@H]3C/C=C\C[C@H](NC(=O)c4nccc5ccccc45)C(=O)N32)C(O)O1. The standard InChI is InChI=1S/C33H33N5O8/c39-27-16-25(32(43)46-27)36-29(40)26-18-37(33(44)45-19-20-8-2-1-3-9-20)17-22-11-5-7-13-24(31(42)38(22)26)35-30(41)28-23-12-6-4-10-21(23)14-15-34-28/h1-10,12,14-15,22,24-26,32,43H,11,13,16-19H2,(H,35,41)(H,36,40)/b7-5-/t22-,24-,25?,26-,32?/m0/s1. The number of pyridine rings is 1. The third-order valence-corrected chi connectivity index (χ3v) is 8.32. The van der Waals surface area contributed by atoms with Crippen molar-refractivity contribution in [2.24, 2.45) is 0 Å². The molecule has 0 spiro atoms. The molecule has 13 nitrogen and oxygen atoms in total. The van der Waals surface area contributed by atoms with Gasteiger partial charge < -0.3 is 35.0 Å². The first kappa shape index (κ1) is 30.7. The minimum atomic E-state index is -1.55. The van der Waals surface area contributed by atoms with Gasteiger partial charge in [-0.15, -0.1) is 0 Å². The third-order valence-electron chi connectivity index (χ3n) is 8.32. The van der Waals surface area contributed by atoms with E-state index in [1.807, 2.05) is 48.5 Å². The molecule has 6 rings (SSSR count).